The number of ether oxygens (including phenoxy) is 1. The van der Waals surface area contributed by atoms with Gasteiger partial charge in [0.25, 0.3) is 10.0 Å². The van der Waals surface area contributed by atoms with Crippen LogP contribution in [-0.2, 0) is 32.6 Å². The van der Waals surface area contributed by atoms with Gasteiger partial charge in [-0.25, -0.2) is 8.42 Å². The summed E-state index contributed by atoms with van der Waals surface area (Å²) >= 11 is 6.08. The normalized spacial score (nSPS) is 13.9. The van der Waals surface area contributed by atoms with Crippen molar-refractivity contribution >= 4 is 39.1 Å². The van der Waals surface area contributed by atoms with E-state index in [-0.39, 0.29) is 29.8 Å². The molecule has 0 radical (unpaired) electrons. The van der Waals surface area contributed by atoms with Crippen molar-refractivity contribution in [1.82, 2.24) is 10.2 Å². The number of nitrogens with one attached hydrogen (secondary N) is 1. The van der Waals surface area contributed by atoms with Crippen LogP contribution in [0.5, 0.6) is 5.75 Å². The standard InChI is InChI=1S/C37H40ClN3O5S/c1-27-11-6-9-18-34(27)41(47(44,45)33-21-19-30(38)20-22-33)26-36(42)40(25-29-14-10-17-32(23-29)46-2)35(24-28-12-4-3-5-13-28)37(43)39-31-15-7-8-16-31/h3-6,9-14,17-23,31,35H,7-8,15-16,24-26H2,1-2H3,(H,39,43)/t35-/m0/s1. The van der Waals surface area contributed by atoms with Crippen molar-refractivity contribution in [2.24, 2.45) is 0 Å². The molecule has 0 unspecified atom stereocenters. The number of carbonyl (C=O) groups is 2. The molecule has 246 valence electrons. The monoisotopic (exact) mass is 673 g/mol. The molecule has 0 saturated heterocycles. The van der Waals surface area contributed by atoms with Crippen molar-refractivity contribution < 1.29 is 22.7 Å². The number of methoxy groups -OCH3 is 1. The molecule has 1 fully saturated rings. The molecule has 0 bridgehead atoms. The van der Waals surface area contributed by atoms with Crippen molar-refractivity contribution in [2.45, 2.75) is 62.6 Å². The smallest absolute Gasteiger partial charge is 0.264 e. The first-order chi connectivity index (χ1) is 22.7. The van der Waals surface area contributed by atoms with Crippen LogP contribution < -0.4 is 14.4 Å². The van der Waals surface area contributed by atoms with Crippen molar-refractivity contribution in [1.29, 1.82) is 0 Å². The highest BCUT2D eigenvalue weighted by Gasteiger charge is 2.36. The lowest BCUT2D eigenvalue weighted by Gasteiger charge is -2.34. The molecule has 0 spiro atoms. The summed E-state index contributed by atoms with van der Waals surface area (Å²) in [6, 6.07) is 28.9. The topological polar surface area (TPSA) is 96.0 Å². The van der Waals surface area contributed by atoms with E-state index in [1.807, 2.05) is 60.7 Å². The summed E-state index contributed by atoms with van der Waals surface area (Å²) in [7, 11) is -2.66. The maximum Gasteiger partial charge on any atom is 0.264 e. The zero-order valence-electron chi connectivity index (χ0n) is 26.6. The number of carbonyl (C=O) groups excluding carboxylic acids is 2. The fraction of sp³-hybridized carbons (Fsp3) is 0.297. The van der Waals surface area contributed by atoms with E-state index in [0.717, 1.165) is 41.1 Å². The minimum absolute atomic E-state index is 0.00268. The van der Waals surface area contributed by atoms with Crippen molar-refractivity contribution in [3.8, 4) is 5.75 Å². The second-order valence-corrected chi connectivity index (χ2v) is 14.1. The molecule has 0 aliphatic heterocycles. The summed E-state index contributed by atoms with van der Waals surface area (Å²) in [6.45, 7) is 1.33. The molecule has 8 nitrogen and oxygen atoms in total. The number of aryl methyl sites for hydroxylation is 1. The number of hydrogen-bond donors (Lipinski definition) is 1. The van der Waals surface area contributed by atoms with E-state index < -0.39 is 28.5 Å². The SMILES string of the molecule is COc1cccc(CN(C(=O)CN(c2ccccc2C)S(=O)(=O)c2ccc(Cl)cc2)[C@@H](Cc2ccccc2)C(=O)NC2CCCC2)c1. The molecule has 4 aromatic rings. The Balaban J connectivity index is 1.58. The Kier molecular flexibility index (Phi) is 11.2. The van der Waals surface area contributed by atoms with Crippen LogP contribution in [0, 0.1) is 6.92 Å². The number of nitrogens with zero attached hydrogens (tertiary/aromatic N) is 2. The summed E-state index contributed by atoms with van der Waals surface area (Å²) in [5, 5.41) is 3.59. The maximum absolute atomic E-state index is 14.7. The number of hydrogen-bond acceptors (Lipinski definition) is 5. The van der Waals surface area contributed by atoms with Crippen LogP contribution in [0.15, 0.2) is 108 Å². The number of anilines is 1. The van der Waals surface area contributed by atoms with Crippen LogP contribution in [-0.4, -0.2) is 50.9 Å². The summed E-state index contributed by atoms with van der Waals surface area (Å²) in [4.78, 5) is 30.3. The van der Waals surface area contributed by atoms with E-state index in [1.165, 1.54) is 29.2 Å². The highest BCUT2D eigenvalue weighted by atomic mass is 35.5. The third-order valence-electron chi connectivity index (χ3n) is 8.52. The number of amides is 2. The molecule has 1 N–H and O–H groups in total. The predicted molar refractivity (Wildman–Crippen MR) is 185 cm³/mol. The minimum Gasteiger partial charge on any atom is -0.497 e. The third kappa shape index (κ3) is 8.53. The van der Waals surface area contributed by atoms with Crippen LogP contribution in [0.2, 0.25) is 5.02 Å². The lowest BCUT2D eigenvalue weighted by molar-refractivity contribution is -0.140. The van der Waals surface area contributed by atoms with Gasteiger partial charge in [0.05, 0.1) is 17.7 Å². The van der Waals surface area contributed by atoms with E-state index in [9.17, 15) is 18.0 Å². The fourth-order valence-electron chi connectivity index (χ4n) is 5.98. The Hall–Kier alpha value is -4.34. The Morgan fingerprint density at radius 1 is 0.894 bits per heavy atom. The summed E-state index contributed by atoms with van der Waals surface area (Å²) in [5.74, 6) is -0.173. The zero-order valence-corrected chi connectivity index (χ0v) is 28.2. The molecule has 1 saturated carbocycles. The van der Waals surface area contributed by atoms with E-state index in [2.05, 4.69) is 5.32 Å². The second kappa shape index (κ2) is 15.5. The van der Waals surface area contributed by atoms with E-state index >= 15 is 0 Å². The van der Waals surface area contributed by atoms with Crippen molar-refractivity contribution in [2.75, 3.05) is 18.0 Å². The van der Waals surface area contributed by atoms with Gasteiger partial charge in [0.2, 0.25) is 11.8 Å². The van der Waals surface area contributed by atoms with E-state index in [4.69, 9.17) is 16.3 Å². The largest absolute Gasteiger partial charge is 0.497 e. The Morgan fingerprint density at radius 2 is 1.55 bits per heavy atom. The number of para-hydroxylation sites is 1. The van der Waals surface area contributed by atoms with Gasteiger partial charge < -0.3 is 15.0 Å². The van der Waals surface area contributed by atoms with Crippen LogP contribution in [0.3, 0.4) is 0 Å². The van der Waals surface area contributed by atoms with Crippen LogP contribution in [0.1, 0.15) is 42.4 Å². The van der Waals surface area contributed by atoms with Gasteiger partial charge in [0.1, 0.15) is 18.3 Å². The highest BCUT2D eigenvalue weighted by Crippen LogP contribution is 2.29. The van der Waals surface area contributed by atoms with Crippen molar-refractivity contribution in [3.63, 3.8) is 0 Å². The molecule has 0 aromatic heterocycles. The first kappa shape index (κ1) is 34.0. The second-order valence-electron chi connectivity index (χ2n) is 11.8. The lowest BCUT2D eigenvalue weighted by atomic mass is 10.0. The summed E-state index contributed by atoms with van der Waals surface area (Å²) in [6.07, 6.45) is 4.09. The number of halogens is 1. The van der Waals surface area contributed by atoms with Crippen molar-refractivity contribution in [3.05, 3.63) is 125 Å². The Morgan fingerprint density at radius 3 is 2.23 bits per heavy atom. The van der Waals surface area contributed by atoms with Gasteiger partial charge in [-0.3, -0.25) is 13.9 Å². The Bertz CT molecular complexity index is 1780. The maximum atomic E-state index is 14.7. The molecule has 10 heteroatoms. The minimum atomic E-state index is -4.22. The van der Waals surface area contributed by atoms with Gasteiger partial charge in [-0.05, 0) is 78.9 Å². The van der Waals surface area contributed by atoms with Gasteiger partial charge >= 0.3 is 0 Å². The Labute approximate surface area is 282 Å². The molecule has 1 aliphatic carbocycles. The average Bonchev–Trinajstić information content (AvgIpc) is 3.59. The van der Waals surface area contributed by atoms with Crippen LogP contribution >= 0.6 is 11.6 Å². The quantitative estimate of drug-likeness (QED) is 0.174. The molecule has 1 aliphatic rings. The predicted octanol–water partition coefficient (Wildman–Crippen LogP) is 6.55. The van der Waals surface area contributed by atoms with Gasteiger partial charge in [0, 0.05) is 24.0 Å². The van der Waals surface area contributed by atoms with Crippen LogP contribution in [0.25, 0.3) is 0 Å². The number of sulfonamides is 1. The van der Waals surface area contributed by atoms with Crippen LogP contribution in [0.4, 0.5) is 5.69 Å². The van der Waals surface area contributed by atoms with Gasteiger partial charge in [-0.1, -0.05) is 85.1 Å². The first-order valence-electron chi connectivity index (χ1n) is 15.8. The molecular formula is C37H40ClN3O5S. The van der Waals surface area contributed by atoms with Gasteiger partial charge in [-0.15, -0.1) is 0 Å². The van der Waals surface area contributed by atoms with E-state index in [1.54, 1.807) is 32.2 Å². The fourth-order valence-corrected chi connectivity index (χ4v) is 7.58. The first-order valence-corrected chi connectivity index (χ1v) is 17.6. The molecule has 2 amide bonds. The van der Waals surface area contributed by atoms with E-state index in [0.29, 0.717) is 22.0 Å². The van der Waals surface area contributed by atoms with Gasteiger partial charge in [0.15, 0.2) is 0 Å². The molecule has 0 heterocycles. The van der Waals surface area contributed by atoms with Gasteiger partial charge in [-0.2, -0.15) is 0 Å². The molecular weight excluding hydrogens is 634 g/mol. The lowest BCUT2D eigenvalue weighted by Crippen LogP contribution is -2.54. The molecule has 1 atom stereocenters. The number of rotatable bonds is 13. The molecule has 47 heavy (non-hydrogen) atoms. The highest BCUT2D eigenvalue weighted by molar-refractivity contribution is 7.92. The summed E-state index contributed by atoms with van der Waals surface area (Å²) < 4.78 is 35.0. The molecule has 5 rings (SSSR count). The molecule has 4 aromatic carbocycles. The number of benzene rings is 4. The third-order valence-corrected chi connectivity index (χ3v) is 10.6. The average molecular weight is 674 g/mol. The summed E-state index contributed by atoms with van der Waals surface area (Å²) in [5.41, 5.74) is 2.67. The zero-order chi connectivity index (χ0) is 33.4.